The second-order valence-corrected chi connectivity index (χ2v) is 4.49. The van der Waals surface area contributed by atoms with Gasteiger partial charge in [0.15, 0.2) is 0 Å². The maximum atomic E-state index is 5.46. The molecule has 1 rings (SSSR count). The lowest BCUT2D eigenvalue weighted by Crippen LogP contribution is -2.37. The van der Waals surface area contributed by atoms with Gasteiger partial charge in [-0.2, -0.15) is 0 Å². The molecule has 2 atom stereocenters. The van der Waals surface area contributed by atoms with E-state index in [4.69, 9.17) is 4.74 Å². The Bertz CT molecular complexity index is 185. The molecule has 0 saturated carbocycles. The third-order valence-electron chi connectivity index (χ3n) is 3.20. The third kappa shape index (κ3) is 4.35. The molecule has 0 aromatic rings. The van der Waals surface area contributed by atoms with E-state index in [0.717, 1.165) is 32.6 Å². The molecular formula is C13H25NO. The molecule has 0 aliphatic carbocycles. The Kier molecular flexibility index (Phi) is 5.96. The van der Waals surface area contributed by atoms with Crippen LogP contribution in [0.25, 0.3) is 0 Å². The predicted molar refractivity (Wildman–Crippen MR) is 65.1 cm³/mol. The summed E-state index contributed by atoms with van der Waals surface area (Å²) in [6.45, 7) is 11.5. The van der Waals surface area contributed by atoms with Crippen LogP contribution in [0.2, 0.25) is 0 Å². The van der Waals surface area contributed by atoms with Gasteiger partial charge in [0.1, 0.15) is 0 Å². The third-order valence-corrected chi connectivity index (χ3v) is 3.20. The van der Waals surface area contributed by atoms with E-state index in [1.807, 2.05) is 0 Å². The molecule has 2 nitrogen and oxygen atoms in total. The molecule has 0 spiro atoms. The first kappa shape index (κ1) is 12.7. The Hall–Kier alpha value is -0.340. The highest BCUT2D eigenvalue weighted by atomic mass is 16.5. The zero-order chi connectivity index (χ0) is 11.1. The van der Waals surface area contributed by atoms with Gasteiger partial charge >= 0.3 is 0 Å². The zero-order valence-electron chi connectivity index (χ0n) is 10.2. The average Bonchev–Trinajstić information content (AvgIpc) is 2.77. The van der Waals surface area contributed by atoms with Crippen LogP contribution in [-0.4, -0.2) is 25.8 Å². The quantitative estimate of drug-likeness (QED) is 0.654. The second kappa shape index (κ2) is 7.02. The minimum absolute atomic E-state index is 0.583. The summed E-state index contributed by atoms with van der Waals surface area (Å²) in [5.74, 6) is 0.694. The molecule has 88 valence electrons. The minimum atomic E-state index is 0.583. The van der Waals surface area contributed by atoms with Crippen LogP contribution in [-0.2, 0) is 4.74 Å². The first-order valence-electron chi connectivity index (χ1n) is 6.25. The summed E-state index contributed by atoms with van der Waals surface area (Å²) in [6.07, 6.45) is 4.61. The van der Waals surface area contributed by atoms with Gasteiger partial charge in [-0.05, 0) is 32.2 Å². The Balaban J connectivity index is 2.40. The van der Waals surface area contributed by atoms with Crippen LogP contribution in [0.1, 0.15) is 39.5 Å². The molecular weight excluding hydrogens is 186 g/mol. The van der Waals surface area contributed by atoms with Crippen molar-refractivity contribution in [1.29, 1.82) is 0 Å². The first-order chi connectivity index (χ1) is 7.27. The summed E-state index contributed by atoms with van der Waals surface area (Å²) >= 11 is 0. The largest absolute Gasteiger partial charge is 0.381 e. The number of hydrogen-bond acceptors (Lipinski definition) is 2. The zero-order valence-corrected chi connectivity index (χ0v) is 10.2. The van der Waals surface area contributed by atoms with Crippen LogP contribution in [0.3, 0.4) is 0 Å². The van der Waals surface area contributed by atoms with E-state index in [1.54, 1.807) is 0 Å². The molecule has 15 heavy (non-hydrogen) atoms. The minimum Gasteiger partial charge on any atom is -0.381 e. The molecule has 1 aliphatic rings. The van der Waals surface area contributed by atoms with E-state index < -0.39 is 0 Å². The summed E-state index contributed by atoms with van der Waals surface area (Å²) in [6, 6.07) is 0.583. The second-order valence-electron chi connectivity index (χ2n) is 4.49. The molecule has 0 bridgehead atoms. The lowest BCUT2D eigenvalue weighted by atomic mass is 9.92. The van der Waals surface area contributed by atoms with Crippen LogP contribution >= 0.6 is 0 Å². The normalized spacial score (nSPS) is 22.9. The van der Waals surface area contributed by atoms with E-state index in [2.05, 4.69) is 25.7 Å². The van der Waals surface area contributed by atoms with Crippen molar-refractivity contribution in [3.8, 4) is 0 Å². The smallest absolute Gasteiger partial charge is 0.0510 e. The predicted octanol–water partition coefficient (Wildman–Crippen LogP) is 2.75. The van der Waals surface area contributed by atoms with Crippen LogP contribution in [0, 0.1) is 5.92 Å². The van der Waals surface area contributed by atoms with Crippen molar-refractivity contribution in [1.82, 2.24) is 5.32 Å². The van der Waals surface area contributed by atoms with Crippen molar-refractivity contribution in [3.05, 3.63) is 12.2 Å². The Morgan fingerprint density at radius 2 is 2.33 bits per heavy atom. The van der Waals surface area contributed by atoms with Crippen molar-refractivity contribution < 1.29 is 4.74 Å². The van der Waals surface area contributed by atoms with Gasteiger partial charge in [-0.15, -0.1) is 0 Å². The van der Waals surface area contributed by atoms with Gasteiger partial charge < -0.3 is 10.1 Å². The Labute approximate surface area is 94.1 Å². The fourth-order valence-electron chi connectivity index (χ4n) is 2.06. The molecule has 0 aromatic heterocycles. The standard InChI is InChI=1S/C13H25NO/c1-4-7-14-13(9-11(3)5-2)12-6-8-15-10-12/h12-14H,3-10H2,1-2H3. The molecule has 1 fully saturated rings. The molecule has 0 amide bonds. The van der Waals surface area contributed by atoms with Crippen molar-refractivity contribution in [3.63, 3.8) is 0 Å². The highest BCUT2D eigenvalue weighted by Crippen LogP contribution is 2.22. The maximum absolute atomic E-state index is 5.46. The SMILES string of the molecule is C=C(CC)CC(NCCC)C1CCOC1. The van der Waals surface area contributed by atoms with Gasteiger partial charge in [0.2, 0.25) is 0 Å². The van der Waals surface area contributed by atoms with E-state index >= 15 is 0 Å². The van der Waals surface area contributed by atoms with E-state index in [0.29, 0.717) is 12.0 Å². The van der Waals surface area contributed by atoms with Gasteiger partial charge in [0, 0.05) is 18.6 Å². The molecule has 2 unspecified atom stereocenters. The number of nitrogens with one attached hydrogen (secondary N) is 1. The lowest BCUT2D eigenvalue weighted by Gasteiger charge is -2.24. The van der Waals surface area contributed by atoms with Gasteiger partial charge in [0.25, 0.3) is 0 Å². The summed E-state index contributed by atoms with van der Waals surface area (Å²) in [4.78, 5) is 0. The van der Waals surface area contributed by atoms with E-state index in [-0.39, 0.29) is 0 Å². The van der Waals surface area contributed by atoms with E-state index in [1.165, 1.54) is 18.4 Å². The van der Waals surface area contributed by atoms with Crippen LogP contribution in [0.15, 0.2) is 12.2 Å². The summed E-state index contributed by atoms with van der Waals surface area (Å²) in [5.41, 5.74) is 1.36. The molecule has 1 aliphatic heterocycles. The highest BCUT2D eigenvalue weighted by Gasteiger charge is 2.25. The van der Waals surface area contributed by atoms with E-state index in [9.17, 15) is 0 Å². The summed E-state index contributed by atoms with van der Waals surface area (Å²) in [5, 5.41) is 3.64. The van der Waals surface area contributed by atoms with Crippen molar-refractivity contribution in [2.24, 2.45) is 5.92 Å². The van der Waals surface area contributed by atoms with Crippen molar-refractivity contribution in [2.75, 3.05) is 19.8 Å². The van der Waals surface area contributed by atoms with Gasteiger partial charge in [-0.25, -0.2) is 0 Å². The van der Waals surface area contributed by atoms with Gasteiger partial charge in [-0.1, -0.05) is 26.0 Å². The fraction of sp³-hybridized carbons (Fsp3) is 0.846. The summed E-state index contributed by atoms with van der Waals surface area (Å²) in [7, 11) is 0. The van der Waals surface area contributed by atoms with Crippen molar-refractivity contribution >= 4 is 0 Å². The number of hydrogen-bond donors (Lipinski definition) is 1. The molecule has 0 aromatic carbocycles. The molecule has 1 N–H and O–H groups in total. The molecule has 1 saturated heterocycles. The first-order valence-corrected chi connectivity index (χ1v) is 6.25. The average molecular weight is 211 g/mol. The van der Waals surface area contributed by atoms with Crippen LogP contribution < -0.4 is 5.32 Å². The topological polar surface area (TPSA) is 21.3 Å². The highest BCUT2D eigenvalue weighted by molar-refractivity contribution is 4.98. The van der Waals surface area contributed by atoms with Crippen LogP contribution in [0.4, 0.5) is 0 Å². The maximum Gasteiger partial charge on any atom is 0.0510 e. The summed E-state index contributed by atoms with van der Waals surface area (Å²) < 4.78 is 5.46. The van der Waals surface area contributed by atoms with Gasteiger partial charge in [0.05, 0.1) is 6.61 Å². The fourth-order valence-corrected chi connectivity index (χ4v) is 2.06. The van der Waals surface area contributed by atoms with Crippen molar-refractivity contribution in [2.45, 2.75) is 45.6 Å². The number of rotatable bonds is 7. The molecule has 2 heteroatoms. The van der Waals surface area contributed by atoms with Crippen LogP contribution in [0.5, 0.6) is 0 Å². The Morgan fingerprint density at radius 3 is 2.87 bits per heavy atom. The molecule has 1 heterocycles. The molecule has 0 radical (unpaired) electrons. The lowest BCUT2D eigenvalue weighted by molar-refractivity contribution is 0.176. The number of ether oxygens (including phenoxy) is 1. The Morgan fingerprint density at radius 1 is 1.53 bits per heavy atom. The van der Waals surface area contributed by atoms with Gasteiger partial charge in [-0.3, -0.25) is 0 Å². The monoisotopic (exact) mass is 211 g/mol.